The molecule has 1 fully saturated rings. The predicted octanol–water partition coefficient (Wildman–Crippen LogP) is 3.22. The molecular formula is C21H20ClF2N5O3S. The zero-order valence-electron chi connectivity index (χ0n) is 17.5. The molecular weight excluding hydrogens is 476 g/mol. The summed E-state index contributed by atoms with van der Waals surface area (Å²) < 4.78 is 28.6. The highest BCUT2D eigenvalue weighted by Gasteiger charge is 2.45. The first-order valence-electron chi connectivity index (χ1n) is 10.2. The fourth-order valence-corrected chi connectivity index (χ4v) is 5.20. The molecule has 3 heterocycles. The highest BCUT2D eigenvalue weighted by atomic mass is 35.5. The van der Waals surface area contributed by atoms with Gasteiger partial charge in [-0.25, -0.2) is 18.6 Å². The number of nitrogens with one attached hydrogen (secondary N) is 2. The molecule has 0 saturated heterocycles. The molecule has 33 heavy (non-hydrogen) atoms. The van der Waals surface area contributed by atoms with Crippen LogP contribution < -0.4 is 16.6 Å². The predicted molar refractivity (Wildman–Crippen MR) is 120 cm³/mol. The highest BCUT2D eigenvalue weighted by Crippen LogP contribution is 2.47. The fraction of sp³-hybridized carbons (Fsp3) is 0.381. The van der Waals surface area contributed by atoms with Gasteiger partial charge in [0.25, 0.3) is 11.5 Å². The van der Waals surface area contributed by atoms with Gasteiger partial charge in [0.2, 0.25) is 5.92 Å². The average molecular weight is 496 g/mol. The summed E-state index contributed by atoms with van der Waals surface area (Å²) in [6.45, 7) is 2.11. The summed E-state index contributed by atoms with van der Waals surface area (Å²) in [5.74, 6) is -3.25. The van der Waals surface area contributed by atoms with Crippen molar-refractivity contribution in [3.8, 4) is 5.82 Å². The summed E-state index contributed by atoms with van der Waals surface area (Å²) in [6, 6.07) is 5.15. The lowest BCUT2D eigenvalue weighted by Gasteiger charge is -2.39. The van der Waals surface area contributed by atoms with Crippen molar-refractivity contribution in [1.29, 1.82) is 0 Å². The second-order valence-electron chi connectivity index (χ2n) is 8.10. The number of aromatic amines is 1. The number of hydrogen-bond donors (Lipinski definition) is 2. The molecule has 4 rings (SSSR count). The molecule has 2 N–H and O–H groups in total. The van der Waals surface area contributed by atoms with Gasteiger partial charge in [-0.2, -0.15) is 9.78 Å². The number of thiophene rings is 1. The lowest BCUT2D eigenvalue weighted by molar-refractivity contribution is -0.0511. The monoisotopic (exact) mass is 495 g/mol. The number of aromatic nitrogens is 4. The Morgan fingerprint density at radius 2 is 1.97 bits per heavy atom. The molecule has 1 aliphatic rings. The number of rotatable bonds is 5. The topological polar surface area (TPSA) is 110 Å². The van der Waals surface area contributed by atoms with Crippen LogP contribution in [0.2, 0.25) is 5.02 Å². The van der Waals surface area contributed by atoms with E-state index in [4.69, 9.17) is 11.6 Å². The van der Waals surface area contributed by atoms with Crippen LogP contribution in [0.3, 0.4) is 0 Å². The smallest absolute Gasteiger partial charge is 0.351 e. The quantitative estimate of drug-likeness (QED) is 0.565. The molecule has 1 aliphatic carbocycles. The maximum Gasteiger partial charge on any atom is 0.351 e. The van der Waals surface area contributed by atoms with Gasteiger partial charge >= 0.3 is 5.69 Å². The lowest BCUT2D eigenvalue weighted by Crippen LogP contribution is -2.45. The van der Waals surface area contributed by atoms with Crippen LogP contribution in [0.1, 0.15) is 45.8 Å². The number of alkyl halides is 2. The summed E-state index contributed by atoms with van der Waals surface area (Å²) in [5.41, 5.74) is -2.05. The van der Waals surface area contributed by atoms with Crippen LogP contribution in [0.25, 0.3) is 5.82 Å². The van der Waals surface area contributed by atoms with Gasteiger partial charge in [-0.15, -0.1) is 11.3 Å². The number of carbonyl (C=O) groups excluding carboxylic acids is 1. The normalized spacial score (nSPS) is 17.0. The molecule has 0 aromatic carbocycles. The Morgan fingerprint density at radius 3 is 2.61 bits per heavy atom. The second-order valence-corrected chi connectivity index (χ2v) is 9.80. The third-order valence-corrected chi connectivity index (χ3v) is 7.35. The largest absolute Gasteiger partial charge is 0.351 e. The van der Waals surface area contributed by atoms with Gasteiger partial charge in [0.05, 0.1) is 10.6 Å². The highest BCUT2D eigenvalue weighted by molar-refractivity contribution is 7.12. The number of halogens is 3. The van der Waals surface area contributed by atoms with Gasteiger partial charge in [0.1, 0.15) is 6.20 Å². The number of hydrogen-bond acceptors (Lipinski definition) is 6. The van der Waals surface area contributed by atoms with Gasteiger partial charge < -0.3 is 5.32 Å². The van der Waals surface area contributed by atoms with E-state index in [-0.39, 0.29) is 48.6 Å². The van der Waals surface area contributed by atoms with Crippen molar-refractivity contribution in [2.45, 2.75) is 43.9 Å². The van der Waals surface area contributed by atoms with Crippen molar-refractivity contribution >= 4 is 28.8 Å². The minimum Gasteiger partial charge on any atom is -0.351 e. The Hall–Kier alpha value is -2.92. The average Bonchev–Trinajstić information content (AvgIpc) is 3.21. The van der Waals surface area contributed by atoms with Crippen LogP contribution in [0.15, 0.2) is 40.2 Å². The number of carbonyl (C=O) groups is 1. The Balaban J connectivity index is 1.59. The van der Waals surface area contributed by atoms with E-state index in [9.17, 15) is 23.2 Å². The van der Waals surface area contributed by atoms with E-state index in [2.05, 4.69) is 20.4 Å². The first kappa shape index (κ1) is 23.2. The minimum absolute atomic E-state index is 0.00768. The van der Waals surface area contributed by atoms with E-state index in [1.54, 1.807) is 0 Å². The first-order chi connectivity index (χ1) is 15.6. The van der Waals surface area contributed by atoms with Crippen molar-refractivity contribution in [2.24, 2.45) is 0 Å². The minimum atomic E-state index is -2.71. The number of H-pyrrole nitrogens is 1. The van der Waals surface area contributed by atoms with E-state index < -0.39 is 28.5 Å². The standard InChI is InChI=1S/C21H20ClF2N5O3S/c1-12-2-3-15(33-12)20(4-6-21(23,24)7-5-20)11-26-18(31)13-8-16(25-9-14(13)22)29-19(32)28-17(30)10-27-29/h2-3,8-10H,4-7,11H2,1H3,(H,26,31)(H,28,30,32). The summed E-state index contributed by atoms with van der Waals surface area (Å²) in [4.78, 5) is 44.3. The van der Waals surface area contributed by atoms with Crippen LogP contribution in [0, 0.1) is 6.92 Å². The molecule has 0 radical (unpaired) electrons. The molecule has 0 aliphatic heterocycles. The van der Waals surface area contributed by atoms with E-state index >= 15 is 0 Å². The molecule has 0 bridgehead atoms. The molecule has 0 atom stereocenters. The summed E-state index contributed by atoms with van der Waals surface area (Å²) >= 11 is 7.71. The van der Waals surface area contributed by atoms with E-state index in [0.717, 1.165) is 20.6 Å². The third kappa shape index (κ3) is 4.88. The Bertz CT molecular complexity index is 1310. The first-order valence-corrected chi connectivity index (χ1v) is 11.4. The van der Waals surface area contributed by atoms with Crippen molar-refractivity contribution < 1.29 is 13.6 Å². The van der Waals surface area contributed by atoms with Crippen LogP contribution >= 0.6 is 22.9 Å². The number of pyridine rings is 1. The Labute approximate surface area is 195 Å². The lowest BCUT2D eigenvalue weighted by atomic mass is 9.71. The Kier molecular flexibility index (Phi) is 6.19. The summed E-state index contributed by atoms with van der Waals surface area (Å²) in [6.07, 6.45) is 2.09. The van der Waals surface area contributed by atoms with E-state index in [1.807, 2.05) is 19.1 Å². The second kappa shape index (κ2) is 8.79. The van der Waals surface area contributed by atoms with Gasteiger partial charge in [-0.1, -0.05) is 11.6 Å². The van der Waals surface area contributed by atoms with Crippen molar-refractivity contribution in [3.63, 3.8) is 0 Å². The number of aryl methyl sites for hydroxylation is 1. The van der Waals surface area contributed by atoms with Crippen LogP contribution in [-0.2, 0) is 5.41 Å². The van der Waals surface area contributed by atoms with Gasteiger partial charge in [-0.3, -0.25) is 14.6 Å². The zero-order chi connectivity index (χ0) is 23.8. The number of nitrogens with zero attached hydrogens (tertiary/aromatic N) is 3. The number of amides is 1. The summed E-state index contributed by atoms with van der Waals surface area (Å²) in [5, 5.41) is 6.60. The SMILES string of the molecule is Cc1ccc(C2(CNC(=O)c3cc(-n4ncc(=O)[nH]c4=O)ncc3Cl)CCC(F)(F)CC2)s1. The maximum absolute atomic E-state index is 13.9. The molecule has 3 aromatic rings. The third-order valence-electron chi connectivity index (χ3n) is 5.80. The molecule has 8 nitrogen and oxygen atoms in total. The van der Waals surface area contributed by atoms with Gasteiger partial charge in [-0.05, 0) is 38.0 Å². The molecule has 0 spiro atoms. The summed E-state index contributed by atoms with van der Waals surface area (Å²) in [7, 11) is 0. The molecule has 174 valence electrons. The zero-order valence-corrected chi connectivity index (χ0v) is 19.1. The molecule has 0 unspecified atom stereocenters. The van der Waals surface area contributed by atoms with Crippen LogP contribution in [0.5, 0.6) is 0 Å². The molecule has 1 saturated carbocycles. The van der Waals surface area contributed by atoms with Gasteiger partial charge in [0, 0.05) is 40.8 Å². The van der Waals surface area contributed by atoms with E-state index in [0.29, 0.717) is 0 Å². The Morgan fingerprint density at radius 1 is 1.24 bits per heavy atom. The molecule has 3 aromatic heterocycles. The molecule has 12 heteroatoms. The molecule has 1 amide bonds. The van der Waals surface area contributed by atoms with Crippen LogP contribution in [0.4, 0.5) is 8.78 Å². The van der Waals surface area contributed by atoms with Crippen molar-refractivity contribution in [2.75, 3.05) is 6.54 Å². The van der Waals surface area contributed by atoms with Gasteiger partial charge in [0.15, 0.2) is 5.82 Å². The van der Waals surface area contributed by atoms with Crippen LogP contribution in [-0.4, -0.2) is 38.1 Å². The maximum atomic E-state index is 13.9. The van der Waals surface area contributed by atoms with Crippen molar-refractivity contribution in [3.05, 3.63) is 71.8 Å². The fourth-order valence-electron chi connectivity index (χ4n) is 3.90. The van der Waals surface area contributed by atoms with E-state index in [1.165, 1.54) is 23.6 Å². The van der Waals surface area contributed by atoms with Crippen molar-refractivity contribution in [1.82, 2.24) is 25.1 Å².